The number of hydrogen-bond acceptors (Lipinski definition) is 5. The molecule has 1 N–H and O–H groups in total. The van der Waals surface area contributed by atoms with Gasteiger partial charge in [0, 0.05) is 26.9 Å². The molecular weight excluding hydrogens is 558 g/mol. The minimum absolute atomic E-state index is 0.0333. The molecule has 0 aliphatic heterocycles. The molecule has 0 aliphatic carbocycles. The summed E-state index contributed by atoms with van der Waals surface area (Å²) in [6.45, 7) is 2.49. The zero-order chi connectivity index (χ0) is 22.1. The van der Waals surface area contributed by atoms with Gasteiger partial charge in [0.15, 0.2) is 16.7 Å². The van der Waals surface area contributed by atoms with Gasteiger partial charge >= 0.3 is 0 Å². The Kier molecular flexibility index (Phi) is 6.44. The van der Waals surface area contributed by atoms with Crippen molar-refractivity contribution in [3.05, 3.63) is 57.0 Å². The summed E-state index contributed by atoms with van der Waals surface area (Å²) in [5.74, 6) is -0.980. The molecule has 0 spiro atoms. The minimum atomic E-state index is -0.860. The zero-order valence-corrected chi connectivity index (χ0v) is 19.9. The molecule has 0 atom stereocenters. The van der Waals surface area contributed by atoms with Gasteiger partial charge in [-0.15, -0.1) is 10.2 Å². The van der Waals surface area contributed by atoms with Gasteiger partial charge in [-0.3, -0.25) is 9.36 Å². The van der Waals surface area contributed by atoms with Crippen molar-refractivity contribution in [1.82, 2.24) is 14.8 Å². The third-order valence-electron chi connectivity index (χ3n) is 4.34. The maximum atomic E-state index is 13.9. The van der Waals surface area contributed by atoms with Crippen molar-refractivity contribution in [3.8, 4) is 11.6 Å². The smallest absolute Gasteiger partial charge is 0.234 e. The summed E-state index contributed by atoms with van der Waals surface area (Å²) >= 11 is 7.65. The van der Waals surface area contributed by atoms with E-state index in [1.807, 2.05) is 35.8 Å². The van der Waals surface area contributed by atoms with Crippen LogP contribution in [-0.4, -0.2) is 26.4 Å². The summed E-state index contributed by atoms with van der Waals surface area (Å²) in [7, 11) is 0. The van der Waals surface area contributed by atoms with E-state index in [0.29, 0.717) is 29.4 Å². The molecule has 0 saturated heterocycles. The van der Waals surface area contributed by atoms with Crippen molar-refractivity contribution in [1.29, 1.82) is 0 Å². The van der Waals surface area contributed by atoms with Gasteiger partial charge < -0.3 is 9.73 Å². The van der Waals surface area contributed by atoms with Gasteiger partial charge in [0.2, 0.25) is 11.7 Å². The molecule has 2 aromatic carbocycles. The van der Waals surface area contributed by atoms with Crippen LogP contribution in [-0.2, 0) is 11.3 Å². The van der Waals surface area contributed by atoms with Crippen LogP contribution in [0.1, 0.15) is 6.92 Å². The summed E-state index contributed by atoms with van der Waals surface area (Å²) < 4.78 is 35.9. The predicted molar refractivity (Wildman–Crippen MR) is 122 cm³/mol. The van der Waals surface area contributed by atoms with Crippen molar-refractivity contribution < 1.29 is 18.0 Å². The molecule has 0 aliphatic rings. The monoisotopic (exact) mass is 570 g/mol. The fourth-order valence-corrected chi connectivity index (χ4v) is 4.64. The van der Waals surface area contributed by atoms with E-state index in [2.05, 4.69) is 47.4 Å². The van der Waals surface area contributed by atoms with Crippen LogP contribution in [0.4, 0.5) is 14.5 Å². The average molecular weight is 572 g/mol. The van der Waals surface area contributed by atoms with Crippen LogP contribution in [0.15, 0.2) is 54.9 Å². The van der Waals surface area contributed by atoms with Gasteiger partial charge in [-0.1, -0.05) is 27.7 Å². The number of rotatable bonds is 6. The summed E-state index contributed by atoms with van der Waals surface area (Å²) in [6.07, 6.45) is 0. The molecule has 4 rings (SSSR count). The number of anilines is 1. The standard InChI is InChI=1S/C20H14Br2F2N4O2S/c1-2-28-19(16-6-10-5-11(21)3-4-15(10)30-16)26-27-20(28)31-9-17(29)25-18-13(22)7-12(23)8-14(18)24/h3-8H,2,9H2,1H3,(H,25,29). The van der Waals surface area contributed by atoms with E-state index >= 15 is 0 Å². The predicted octanol–water partition coefficient (Wildman–Crippen LogP) is 6.25. The molecule has 0 bridgehead atoms. The molecule has 2 aromatic heterocycles. The maximum absolute atomic E-state index is 13.9. The fourth-order valence-electron chi connectivity index (χ4n) is 2.95. The van der Waals surface area contributed by atoms with Crippen molar-refractivity contribution in [2.75, 3.05) is 11.1 Å². The number of fused-ring (bicyclic) bond motifs is 1. The highest BCUT2D eigenvalue weighted by Gasteiger charge is 2.19. The van der Waals surface area contributed by atoms with Crippen molar-refractivity contribution in [2.45, 2.75) is 18.6 Å². The zero-order valence-electron chi connectivity index (χ0n) is 16.0. The molecule has 31 heavy (non-hydrogen) atoms. The second kappa shape index (κ2) is 9.09. The normalized spacial score (nSPS) is 11.3. The van der Waals surface area contributed by atoms with E-state index in [0.717, 1.165) is 33.3 Å². The van der Waals surface area contributed by atoms with Gasteiger partial charge in [0.1, 0.15) is 11.4 Å². The summed E-state index contributed by atoms with van der Waals surface area (Å²) in [4.78, 5) is 12.3. The highest BCUT2D eigenvalue weighted by Crippen LogP contribution is 2.31. The second-order valence-electron chi connectivity index (χ2n) is 6.42. The fraction of sp³-hybridized carbons (Fsp3) is 0.150. The molecule has 4 aromatic rings. The Balaban J connectivity index is 1.51. The number of aromatic nitrogens is 3. The van der Waals surface area contributed by atoms with E-state index in [1.54, 1.807) is 0 Å². The topological polar surface area (TPSA) is 73.0 Å². The van der Waals surface area contributed by atoms with Gasteiger partial charge in [0.25, 0.3) is 0 Å². The highest BCUT2D eigenvalue weighted by molar-refractivity contribution is 9.10. The first-order valence-electron chi connectivity index (χ1n) is 9.05. The van der Waals surface area contributed by atoms with Gasteiger partial charge in [-0.2, -0.15) is 0 Å². The lowest BCUT2D eigenvalue weighted by atomic mass is 10.2. The Labute approximate surface area is 196 Å². The number of hydrogen-bond donors (Lipinski definition) is 1. The number of thioether (sulfide) groups is 1. The first kappa shape index (κ1) is 22.0. The Morgan fingerprint density at radius 2 is 2.00 bits per heavy atom. The number of amides is 1. The first-order chi connectivity index (χ1) is 14.9. The number of furan rings is 1. The molecule has 2 heterocycles. The van der Waals surface area contributed by atoms with Crippen LogP contribution in [0, 0.1) is 11.6 Å². The lowest BCUT2D eigenvalue weighted by molar-refractivity contribution is -0.113. The Hall–Kier alpha value is -2.24. The number of carbonyl (C=O) groups excluding carboxylic acids is 1. The number of nitrogens with one attached hydrogen (secondary N) is 1. The maximum Gasteiger partial charge on any atom is 0.234 e. The van der Waals surface area contributed by atoms with Crippen molar-refractivity contribution >= 4 is 66.2 Å². The average Bonchev–Trinajstić information content (AvgIpc) is 3.31. The molecule has 0 fully saturated rings. The Morgan fingerprint density at radius 1 is 1.19 bits per heavy atom. The summed E-state index contributed by atoms with van der Waals surface area (Å²) in [6, 6.07) is 9.37. The molecule has 160 valence electrons. The Morgan fingerprint density at radius 3 is 2.74 bits per heavy atom. The molecule has 1 amide bonds. The van der Waals surface area contributed by atoms with E-state index in [-0.39, 0.29) is 15.9 Å². The van der Waals surface area contributed by atoms with Crippen LogP contribution in [0.5, 0.6) is 0 Å². The molecule has 0 unspecified atom stereocenters. The summed E-state index contributed by atoms with van der Waals surface area (Å²) in [5, 5.41) is 12.3. The number of carbonyl (C=O) groups is 1. The molecule has 6 nitrogen and oxygen atoms in total. The number of benzene rings is 2. The van der Waals surface area contributed by atoms with Crippen LogP contribution >= 0.6 is 43.6 Å². The van der Waals surface area contributed by atoms with Gasteiger partial charge in [-0.05, 0) is 53.2 Å². The van der Waals surface area contributed by atoms with Crippen molar-refractivity contribution in [2.24, 2.45) is 0 Å². The molecule has 0 saturated carbocycles. The van der Waals surface area contributed by atoms with Gasteiger partial charge in [0.05, 0.1) is 11.4 Å². The highest BCUT2D eigenvalue weighted by atomic mass is 79.9. The van der Waals surface area contributed by atoms with Crippen LogP contribution in [0.25, 0.3) is 22.6 Å². The largest absolute Gasteiger partial charge is 0.453 e. The molecule has 11 heteroatoms. The lowest BCUT2D eigenvalue weighted by Crippen LogP contribution is -2.16. The van der Waals surface area contributed by atoms with E-state index in [9.17, 15) is 13.6 Å². The molecule has 0 radical (unpaired) electrons. The third kappa shape index (κ3) is 4.68. The lowest BCUT2D eigenvalue weighted by Gasteiger charge is -2.09. The Bertz CT molecular complexity index is 1270. The molecular formula is C20H14Br2F2N4O2S. The van der Waals surface area contributed by atoms with E-state index in [1.165, 1.54) is 0 Å². The minimum Gasteiger partial charge on any atom is -0.453 e. The van der Waals surface area contributed by atoms with E-state index in [4.69, 9.17) is 4.42 Å². The van der Waals surface area contributed by atoms with Gasteiger partial charge in [-0.25, -0.2) is 8.78 Å². The summed E-state index contributed by atoms with van der Waals surface area (Å²) in [5.41, 5.74) is 0.613. The second-order valence-corrected chi connectivity index (χ2v) is 9.14. The number of halogens is 4. The number of nitrogens with zero attached hydrogens (tertiary/aromatic N) is 3. The van der Waals surface area contributed by atoms with E-state index < -0.39 is 17.5 Å². The van der Waals surface area contributed by atoms with Crippen LogP contribution in [0.2, 0.25) is 0 Å². The SMILES string of the molecule is CCn1c(SCC(=O)Nc2c(F)cc(F)cc2Br)nnc1-c1cc2cc(Br)ccc2o1. The first-order valence-corrected chi connectivity index (χ1v) is 11.6. The van der Waals surface area contributed by atoms with Crippen LogP contribution < -0.4 is 5.32 Å². The van der Waals surface area contributed by atoms with Crippen LogP contribution in [0.3, 0.4) is 0 Å². The van der Waals surface area contributed by atoms with Crippen molar-refractivity contribution in [3.63, 3.8) is 0 Å². The third-order valence-corrected chi connectivity index (χ3v) is 6.42. The quantitative estimate of drug-likeness (QED) is 0.277.